The fourth-order valence-corrected chi connectivity index (χ4v) is 1.37. The molecule has 1 fully saturated rings. The number of rotatable bonds is 4. The second-order valence-corrected chi connectivity index (χ2v) is 3.38. The summed E-state index contributed by atoms with van der Waals surface area (Å²) in [6.45, 7) is 4.38. The van der Waals surface area contributed by atoms with Crippen LogP contribution in [0.25, 0.3) is 0 Å². The Morgan fingerprint density at radius 2 is 2.36 bits per heavy atom. The van der Waals surface area contributed by atoms with Crippen LogP contribution < -0.4 is 0 Å². The summed E-state index contributed by atoms with van der Waals surface area (Å²) in [5.74, 6) is 0. The predicted octanol–water partition coefficient (Wildman–Crippen LogP) is 0.00210. The van der Waals surface area contributed by atoms with E-state index < -0.39 is 11.7 Å². The van der Waals surface area contributed by atoms with Crippen molar-refractivity contribution in [3.8, 4) is 0 Å². The Bertz CT molecular complexity index is 223. The van der Waals surface area contributed by atoms with Gasteiger partial charge < -0.3 is 19.5 Å². The minimum absolute atomic E-state index is 0.192. The molecule has 0 spiro atoms. The maximum absolute atomic E-state index is 11.2. The molecule has 5 heteroatoms. The zero-order chi connectivity index (χ0) is 10.6. The van der Waals surface area contributed by atoms with Crippen molar-refractivity contribution in [2.24, 2.45) is 0 Å². The van der Waals surface area contributed by atoms with Crippen LogP contribution in [0.5, 0.6) is 0 Å². The predicted molar refractivity (Wildman–Crippen MR) is 49.9 cm³/mol. The van der Waals surface area contributed by atoms with E-state index in [1.165, 1.54) is 18.1 Å². The first kappa shape index (κ1) is 11.0. The number of nitrogens with zero attached hydrogens (tertiary/aromatic N) is 1. The van der Waals surface area contributed by atoms with Gasteiger partial charge in [-0.15, -0.1) is 0 Å². The number of ether oxygens (including phenoxy) is 2. The molecule has 5 nitrogen and oxygen atoms in total. The Morgan fingerprint density at radius 1 is 1.71 bits per heavy atom. The van der Waals surface area contributed by atoms with Gasteiger partial charge in [-0.3, -0.25) is 0 Å². The van der Waals surface area contributed by atoms with Crippen molar-refractivity contribution in [1.82, 2.24) is 4.90 Å². The van der Waals surface area contributed by atoms with Crippen LogP contribution in [0.4, 0.5) is 4.79 Å². The quantitative estimate of drug-likeness (QED) is 0.650. The molecule has 1 rings (SSSR count). The fourth-order valence-electron chi connectivity index (χ4n) is 1.37. The van der Waals surface area contributed by atoms with E-state index in [-0.39, 0.29) is 26.3 Å². The van der Waals surface area contributed by atoms with Gasteiger partial charge in [0, 0.05) is 7.11 Å². The molecule has 0 bridgehead atoms. The Labute approximate surface area is 82.9 Å². The van der Waals surface area contributed by atoms with Gasteiger partial charge in [-0.1, -0.05) is 12.7 Å². The summed E-state index contributed by atoms with van der Waals surface area (Å²) in [7, 11) is 1.51. The van der Waals surface area contributed by atoms with Crippen LogP contribution in [-0.4, -0.2) is 55.1 Å². The number of carbonyl (C=O) groups is 1. The molecule has 14 heavy (non-hydrogen) atoms. The molecule has 0 atom stereocenters. The van der Waals surface area contributed by atoms with E-state index in [9.17, 15) is 9.90 Å². The first-order valence-corrected chi connectivity index (χ1v) is 4.35. The normalized spacial score (nSPS) is 18.6. The zero-order valence-corrected chi connectivity index (χ0v) is 8.23. The molecule has 1 aliphatic rings. The van der Waals surface area contributed by atoms with Gasteiger partial charge in [-0.2, -0.15) is 0 Å². The van der Waals surface area contributed by atoms with Crippen LogP contribution in [-0.2, 0) is 9.47 Å². The highest BCUT2D eigenvalue weighted by Crippen LogP contribution is 2.21. The van der Waals surface area contributed by atoms with Gasteiger partial charge in [-0.25, -0.2) is 4.79 Å². The molecule has 0 aliphatic carbocycles. The topological polar surface area (TPSA) is 59.0 Å². The second-order valence-electron chi connectivity index (χ2n) is 3.38. The van der Waals surface area contributed by atoms with E-state index in [4.69, 9.17) is 9.47 Å². The minimum Gasteiger partial charge on any atom is -0.445 e. The van der Waals surface area contributed by atoms with Crippen LogP contribution in [0.1, 0.15) is 0 Å². The lowest BCUT2D eigenvalue weighted by Gasteiger charge is -2.44. The molecule has 1 saturated heterocycles. The third-order valence-electron chi connectivity index (χ3n) is 1.97. The minimum atomic E-state index is -0.901. The van der Waals surface area contributed by atoms with Crippen molar-refractivity contribution >= 4 is 6.09 Å². The Hall–Kier alpha value is -1.07. The first-order chi connectivity index (χ1) is 6.61. The Kier molecular flexibility index (Phi) is 3.49. The van der Waals surface area contributed by atoms with Crippen molar-refractivity contribution in [2.45, 2.75) is 5.60 Å². The van der Waals surface area contributed by atoms with E-state index in [1.807, 2.05) is 0 Å². The highest BCUT2D eigenvalue weighted by molar-refractivity contribution is 5.69. The number of hydrogen-bond donors (Lipinski definition) is 1. The second kappa shape index (κ2) is 4.43. The van der Waals surface area contributed by atoms with Crippen LogP contribution >= 0.6 is 0 Å². The summed E-state index contributed by atoms with van der Waals surface area (Å²) in [6.07, 6.45) is 1.07. The third kappa shape index (κ3) is 2.46. The van der Waals surface area contributed by atoms with Crippen LogP contribution in [0.2, 0.25) is 0 Å². The summed E-state index contributed by atoms with van der Waals surface area (Å²) >= 11 is 0. The Balaban J connectivity index is 2.25. The molecule has 0 aromatic carbocycles. The van der Waals surface area contributed by atoms with Gasteiger partial charge in [0.25, 0.3) is 0 Å². The highest BCUT2D eigenvalue weighted by Gasteiger charge is 2.44. The molecule has 0 unspecified atom stereocenters. The molecule has 0 aromatic heterocycles. The number of amides is 1. The largest absolute Gasteiger partial charge is 0.445 e. The molecule has 80 valence electrons. The SMILES string of the molecule is C=CCOC(=O)N1CC(O)(COC)C1. The first-order valence-electron chi connectivity index (χ1n) is 4.35. The summed E-state index contributed by atoms with van der Waals surface area (Å²) < 4.78 is 9.60. The van der Waals surface area contributed by atoms with Crippen molar-refractivity contribution in [3.05, 3.63) is 12.7 Å². The average molecular weight is 201 g/mol. The number of methoxy groups -OCH3 is 1. The van der Waals surface area contributed by atoms with Crippen molar-refractivity contribution in [3.63, 3.8) is 0 Å². The maximum Gasteiger partial charge on any atom is 0.410 e. The smallest absolute Gasteiger partial charge is 0.410 e. The number of β-amino-alcohol motifs (C(OH)–C–C–N with tert-alkyl or cyclic N) is 1. The molecular weight excluding hydrogens is 186 g/mol. The highest BCUT2D eigenvalue weighted by atomic mass is 16.6. The van der Waals surface area contributed by atoms with E-state index in [0.717, 1.165) is 0 Å². The molecule has 1 amide bonds. The van der Waals surface area contributed by atoms with Gasteiger partial charge >= 0.3 is 6.09 Å². The van der Waals surface area contributed by atoms with Crippen LogP contribution in [0.3, 0.4) is 0 Å². The van der Waals surface area contributed by atoms with Gasteiger partial charge in [0.05, 0.1) is 19.7 Å². The number of likely N-dealkylation sites (tertiary alicyclic amines) is 1. The van der Waals surface area contributed by atoms with Crippen LogP contribution in [0.15, 0.2) is 12.7 Å². The van der Waals surface area contributed by atoms with E-state index in [1.54, 1.807) is 0 Å². The summed E-state index contributed by atoms with van der Waals surface area (Å²) in [6, 6.07) is 0. The average Bonchev–Trinajstić information content (AvgIpc) is 2.10. The molecule has 1 aliphatic heterocycles. The lowest BCUT2D eigenvalue weighted by molar-refractivity contribution is -0.123. The fraction of sp³-hybridized carbons (Fsp3) is 0.667. The van der Waals surface area contributed by atoms with E-state index in [2.05, 4.69) is 6.58 Å². The standard InChI is InChI=1S/C9H15NO4/c1-3-4-14-8(11)10-5-9(12,6-10)7-13-2/h3,12H,1,4-7H2,2H3. The van der Waals surface area contributed by atoms with Gasteiger partial charge in [0.2, 0.25) is 0 Å². The van der Waals surface area contributed by atoms with Crippen molar-refractivity contribution in [2.75, 3.05) is 33.4 Å². The van der Waals surface area contributed by atoms with Gasteiger partial charge in [-0.05, 0) is 0 Å². The molecular formula is C9H15NO4. The monoisotopic (exact) mass is 201 g/mol. The Morgan fingerprint density at radius 3 is 2.86 bits per heavy atom. The number of aliphatic hydroxyl groups is 1. The third-order valence-corrected chi connectivity index (χ3v) is 1.97. The molecule has 1 heterocycles. The number of hydrogen-bond acceptors (Lipinski definition) is 4. The van der Waals surface area contributed by atoms with E-state index >= 15 is 0 Å². The molecule has 0 aromatic rings. The zero-order valence-electron chi connectivity index (χ0n) is 8.23. The van der Waals surface area contributed by atoms with Crippen LogP contribution in [0, 0.1) is 0 Å². The van der Waals surface area contributed by atoms with Gasteiger partial charge in [0.15, 0.2) is 0 Å². The molecule has 1 N–H and O–H groups in total. The summed E-state index contributed by atoms with van der Waals surface area (Å²) in [5, 5.41) is 9.66. The van der Waals surface area contributed by atoms with E-state index in [0.29, 0.717) is 0 Å². The lowest BCUT2D eigenvalue weighted by atomic mass is 9.96. The molecule has 0 saturated carbocycles. The van der Waals surface area contributed by atoms with Crippen molar-refractivity contribution < 1.29 is 19.4 Å². The van der Waals surface area contributed by atoms with Crippen molar-refractivity contribution in [1.29, 1.82) is 0 Å². The molecule has 0 radical (unpaired) electrons. The summed E-state index contributed by atoms with van der Waals surface area (Å²) in [4.78, 5) is 12.6. The van der Waals surface area contributed by atoms with Gasteiger partial charge in [0.1, 0.15) is 12.2 Å². The summed E-state index contributed by atoms with van der Waals surface area (Å²) in [5.41, 5.74) is -0.901. The maximum atomic E-state index is 11.2. The number of carbonyl (C=O) groups excluding carboxylic acids is 1. The lowest BCUT2D eigenvalue weighted by Crippen LogP contribution is -2.65.